The molecule has 5 nitrogen and oxygen atoms in total. The molecule has 1 amide bonds. The molecule has 0 bridgehead atoms. The van der Waals surface area contributed by atoms with Crippen LogP contribution in [-0.2, 0) is 14.8 Å². The van der Waals surface area contributed by atoms with E-state index in [4.69, 9.17) is 0 Å². The minimum absolute atomic E-state index is 0.00943. The van der Waals surface area contributed by atoms with Crippen LogP contribution in [0.15, 0.2) is 46.9 Å². The van der Waals surface area contributed by atoms with Gasteiger partial charge in [-0.1, -0.05) is 38.1 Å². The van der Waals surface area contributed by atoms with Crippen LogP contribution in [0.4, 0.5) is 0 Å². The molecule has 6 heteroatoms. The zero-order valence-corrected chi connectivity index (χ0v) is 13.6. The van der Waals surface area contributed by atoms with Crippen molar-refractivity contribution in [3.63, 3.8) is 0 Å². The summed E-state index contributed by atoms with van der Waals surface area (Å²) in [6.07, 6.45) is 1.74. The normalized spacial score (nSPS) is 14.0. The van der Waals surface area contributed by atoms with Crippen LogP contribution in [0.25, 0.3) is 0 Å². The number of rotatable bonds is 6. The zero-order valence-electron chi connectivity index (χ0n) is 12.8. The Balaban J connectivity index is 2.88. The lowest BCUT2D eigenvalue weighted by Gasteiger charge is -2.17. The lowest BCUT2D eigenvalue weighted by molar-refractivity contribution is -0.115. The van der Waals surface area contributed by atoms with Gasteiger partial charge in [0.1, 0.15) is 0 Å². The summed E-state index contributed by atoms with van der Waals surface area (Å²) in [7, 11) is -2.03. The maximum atomic E-state index is 12.1. The Morgan fingerprint density at radius 1 is 1.19 bits per heavy atom. The first-order valence-electron chi connectivity index (χ1n) is 6.76. The van der Waals surface area contributed by atoms with E-state index in [0.717, 1.165) is 0 Å². The second-order valence-electron chi connectivity index (χ2n) is 5.16. The second-order valence-corrected chi connectivity index (χ2v) is 6.84. The Morgan fingerprint density at radius 3 is 2.24 bits per heavy atom. The number of amides is 1. The van der Waals surface area contributed by atoms with Gasteiger partial charge in [0.2, 0.25) is 0 Å². The molecular weight excluding hydrogens is 288 g/mol. The molecule has 0 aromatic heterocycles. The first kappa shape index (κ1) is 17.4. The van der Waals surface area contributed by atoms with Gasteiger partial charge >= 0.3 is 0 Å². The maximum Gasteiger partial charge on any atom is 0.264 e. The third-order valence-corrected chi connectivity index (χ3v) is 4.47. The monoisotopic (exact) mass is 310 g/mol. The highest BCUT2D eigenvalue weighted by Crippen LogP contribution is 2.10. The summed E-state index contributed by atoms with van der Waals surface area (Å²) in [5, 5.41) is 3.08. The molecule has 0 aliphatic heterocycles. The Hall–Kier alpha value is -1.66. The fraction of sp³-hybridized carbons (Fsp3) is 0.400. The molecule has 0 radical (unpaired) electrons. The average Bonchev–Trinajstić information content (AvgIpc) is 2.44. The highest BCUT2D eigenvalue weighted by molar-refractivity contribution is 7.90. The van der Waals surface area contributed by atoms with Gasteiger partial charge in [0, 0.05) is 11.6 Å². The summed E-state index contributed by atoms with van der Waals surface area (Å²) in [5.41, 5.74) is 0.363. The van der Waals surface area contributed by atoms with Crippen LogP contribution < -0.4 is 10.0 Å². The highest BCUT2D eigenvalue weighted by atomic mass is 32.2. The van der Waals surface area contributed by atoms with E-state index in [9.17, 15) is 13.2 Å². The minimum atomic E-state index is -3.83. The van der Waals surface area contributed by atoms with Crippen molar-refractivity contribution in [3.05, 3.63) is 42.0 Å². The third-order valence-electron chi connectivity index (χ3n) is 3.12. The molecule has 1 aromatic carbocycles. The largest absolute Gasteiger partial charge is 0.313 e. The van der Waals surface area contributed by atoms with E-state index in [2.05, 4.69) is 10.0 Å². The summed E-state index contributed by atoms with van der Waals surface area (Å²) in [4.78, 5) is 12.1. The zero-order chi connectivity index (χ0) is 16.0. The molecule has 0 unspecified atom stereocenters. The Kier molecular flexibility index (Phi) is 6.11. The highest BCUT2D eigenvalue weighted by Gasteiger charge is 2.19. The predicted octanol–water partition coefficient (Wildman–Crippen LogP) is 1.68. The number of nitrogens with one attached hydrogen (secondary N) is 2. The van der Waals surface area contributed by atoms with E-state index < -0.39 is 15.9 Å². The van der Waals surface area contributed by atoms with Crippen molar-refractivity contribution >= 4 is 15.9 Å². The molecule has 2 N–H and O–H groups in total. The van der Waals surface area contributed by atoms with Gasteiger partial charge in [-0.25, -0.2) is 13.1 Å². The van der Waals surface area contributed by atoms with Crippen LogP contribution in [0.5, 0.6) is 0 Å². The van der Waals surface area contributed by atoms with Crippen molar-refractivity contribution in [1.29, 1.82) is 0 Å². The molecule has 1 aromatic rings. The van der Waals surface area contributed by atoms with Crippen molar-refractivity contribution in [1.82, 2.24) is 10.0 Å². The van der Waals surface area contributed by atoms with Gasteiger partial charge in [-0.15, -0.1) is 0 Å². The number of likely N-dealkylation sites (N-methyl/N-ethyl adjacent to an activating group) is 1. The van der Waals surface area contributed by atoms with Crippen LogP contribution in [0.3, 0.4) is 0 Å². The van der Waals surface area contributed by atoms with E-state index in [1.165, 1.54) is 12.1 Å². The molecule has 0 spiro atoms. The fourth-order valence-corrected chi connectivity index (χ4v) is 2.85. The summed E-state index contributed by atoms with van der Waals surface area (Å²) in [5.74, 6) is -0.316. The van der Waals surface area contributed by atoms with E-state index in [0.29, 0.717) is 11.5 Å². The summed E-state index contributed by atoms with van der Waals surface area (Å²) in [6, 6.07) is 7.83. The van der Waals surface area contributed by atoms with Crippen LogP contribution in [0, 0.1) is 5.92 Å². The Bertz CT molecular complexity index is 607. The number of hydrogen-bond donors (Lipinski definition) is 2. The molecule has 0 saturated carbocycles. The minimum Gasteiger partial charge on any atom is -0.313 e. The van der Waals surface area contributed by atoms with Crippen molar-refractivity contribution in [2.75, 3.05) is 7.05 Å². The van der Waals surface area contributed by atoms with E-state index in [1.54, 1.807) is 38.2 Å². The van der Waals surface area contributed by atoms with Gasteiger partial charge in [0.25, 0.3) is 15.9 Å². The molecule has 0 saturated heterocycles. The first-order chi connectivity index (χ1) is 9.77. The lowest BCUT2D eigenvalue weighted by Crippen LogP contribution is -2.33. The van der Waals surface area contributed by atoms with Gasteiger partial charge in [0.15, 0.2) is 0 Å². The summed E-state index contributed by atoms with van der Waals surface area (Å²) < 4.78 is 26.2. The van der Waals surface area contributed by atoms with Gasteiger partial charge in [-0.3, -0.25) is 4.79 Å². The van der Waals surface area contributed by atoms with Crippen molar-refractivity contribution in [3.8, 4) is 0 Å². The lowest BCUT2D eigenvalue weighted by atomic mass is 10.0. The Morgan fingerprint density at radius 2 is 1.76 bits per heavy atom. The number of benzene rings is 1. The fourth-order valence-electron chi connectivity index (χ4n) is 1.82. The summed E-state index contributed by atoms with van der Waals surface area (Å²) in [6.45, 7) is 5.63. The molecular formula is C15H22N2O3S. The van der Waals surface area contributed by atoms with Crippen molar-refractivity contribution in [2.45, 2.75) is 31.7 Å². The number of sulfonamides is 1. The molecule has 0 aliphatic rings. The van der Waals surface area contributed by atoms with Gasteiger partial charge in [0.05, 0.1) is 4.90 Å². The number of carbonyl (C=O) groups excluding carboxylic acids is 1. The van der Waals surface area contributed by atoms with Gasteiger partial charge in [-0.05, 0) is 32.0 Å². The standard InChI is InChI=1S/C15H22N2O3S/c1-11(2)14(16-4)10-12(3)15(18)17-21(19,20)13-8-6-5-7-9-13/h5-11,14,16H,1-4H3,(H,17,18)/b12-10+/t14-/m1/s1. The van der Waals surface area contributed by atoms with Gasteiger partial charge < -0.3 is 5.32 Å². The topological polar surface area (TPSA) is 75.3 Å². The molecule has 0 heterocycles. The van der Waals surface area contributed by atoms with Crippen molar-refractivity contribution in [2.24, 2.45) is 5.92 Å². The van der Waals surface area contributed by atoms with E-state index in [-0.39, 0.29) is 10.9 Å². The third kappa shape index (κ3) is 4.99. The quantitative estimate of drug-likeness (QED) is 0.784. The maximum absolute atomic E-state index is 12.1. The molecule has 1 atom stereocenters. The van der Waals surface area contributed by atoms with E-state index >= 15 is 0 Å². The van der Waals surface area contributed by atoms with Gasteiger partial charge in [-0.2, -0.15) is 0 Å². The summed E-state index contributed by atoms with van der Waals surface area (Å²) >= 11 is 0. The molecule has 21 heavy (non-hydrogen) atoms. The first-order valence-corrected chi connectivity index (χ1v) is 8.24. The number of hydrogen-bond acceptors (Lipinski definition) is 4. The van der Waals surface area contributed by atoms with Crippen LogP contribution in [-0.4, -0.2) is 27.4 Å². The molecule has 0 fully saturated rings. The van der Waals surface area contributed by atoms with Crippen LogP contribution in [0.1, 0.15) is 20.8 Å². The second kappa shape index (κ2) is 7.38. The predicted molar refractivity (Wildman–Crippen MR) is 83.2 cm³/mol. The molecule has 116 valence electrons. The Labute approximate surface area is 126 Å². The average molecular weight is 310 g/mol. The van der Waals surface area contributed by atoms with Crippen LogP contribution in [0.2, 0.25) is 0 Å². The van der Waals surface area contributed by atoms with Crippen molar-refractivity contribution < 1.29 is 13.2 Å². The van der Waals surface area contributed by atoms with Crippen LogP contribution >= 0.6 is 0 Å². The SMILES string of the molecule is CN[C@H](/C=C(\C)C(=O)NS(=O)(=O)c1ccccc1)C(C)C. The molecule has 0 aliphatic carbocycles. The van der Waals surface area contributed by atoms with E-state index in [1.807, 2.05) is 13.8 Å². The number of carbonyl (C=O) groups is 1. The molecule has 1 rings (SSSR count). The smallest absolute Gasteiger partial charge is 0.264 e.